The van der Waals surface area contributed by atoms with E-state index in [1.165, 1.54) is 30.3 Å². The Morgan fingerprint density at radius 3 is 2.52 bits per heavy atom. The Hall–Kier alpha value is -2.31. The van der Waals surface area contributed by atoms with Gasteiger partial charge in [0.2, 0.25) is 0 Å². The highest BCUT2D eigenvalue weighted by Gasteiger charge is 2.18. The second kappa shape index (κ2) is 5.99. The maximum atomic E-state index is 12.1. The van der Waals surface area contributed by atoms with E-state index < -0.39 is 10.8 Å². The fourth-order valence-electron chi connectivity index (χ4n) is 1.64. The van der Waals surface area contributed by atoms with Crippen LogP contribution in [0.4, 0.5) is 11.4 Å². The maximum absolute atomic E-state index is 12.1. The number of rotatable bonds is 3. The minimum absolute atomic E-state index is 0.0500. The van der Waals surface area contributed by atoms with Crippen LogP contribution in [0, 0.1) is 10.1 Å². The number of carbonyl (C=O) groups is 1. The minimum atomic E-state index is -0.722. The van der Waals surface area contributed by atoms with Crippen molar-refractivity contribution in [1.29, 1.82) is 0 Å². The molecule has 0 heterocycles. The number of nitrogens with zero attached hydrogens (tertiary/aromatic N) is 1. The van der Waals surface area contributed by atoms with Crippen LogP contribution < -0.4 is 5.32 Å². The molecule has 0 unspecified atom stereocenters. The standard InChI is InChI=1S/C13H8Cl2N2O4/c14-8-5-4-7(17(20)21)6-10(8)16-13(19)12-9(15)2-1-3-11(12)18/h1-6,18H,(H,16,19). The van der Waals surface area contributed by atoms with Crippen molar-refractivity contribution >= 4 is 40.5 Å². The predicted molar refractivity (Wildman–Crippen MR) is 79.2 cm³/mol. The Bertz CT molecular complexity index is 714. The summed E-state index contributed by atoms with van der Waals surface area (Å²) in [7, 11) is 0. The van der Waals surface area contributed by atoms with Crippen molar-refractivity contribution < 1.29 is 14.8 Å². The molecule has 0 spiro atoms. The molecule has 0 saturated heterocycles. The molecule has 2 rings (SSSR count). The number of phenolic OH excluding ortho intramolecular Hbond substituents is 1. The molecule has 0 saturated carbocycles. The lowest BCUT2D eigenvalue weighted by atomic mass is 10.1. The van der Waals surface area contributed by atoms with Crippen LogP contribution >= 0.6 is 23.2 Å². The monoisotopic (exact) mass is 326 g/mol. The number of amides is 1. The zero-order valence-electron chi connectivity index (χ0n) is 10.3. The van der Waals surface area contributed by atoms with E-state index in [4.69, 9.17) is 23.2 Å². The largest absolute Gasteiger partial charge is 0.507 e. The molecule has 0 bridgehead atoms. The molecule has 0 aliphatic heterocycles. The summed E-state index contributed by atoms with van der Waals surface area (Å²) in [5.41, 5.74) is -0.310. The van der Waals surface area contributed by atoms with Gasteiger partial charge in [-0.2, -0.15) is 0 Å². The van der Waals surface area contributed by atoms with E-state index in [0.717, 1.165) is 6.07 Å². The summed E-state index contributed by atoms with van der Waals surface area (Å²) < 4.78 is 0. The van der Waals surface area contributed by atoms with Gasteiger partial charge < -0.3 is 10.4 Å². The van der Waals surface area contributed by atoms with Crippen LogP contribution in [0.5, 0.6) is 5.75 Å². The first-order valence-corrected chi connectivity index (χ1v) is 6.38. The van der Waals surface area contributed by atoms with Crippen LogP contribution in [0.25, 0.3) is 0 Å². The highest BCUT2D eigenvalue weighted by molar-refractivity contribution is 6.36. The van der Waals surface area contributed by atoms with Crippen molar-refractivity contribution in [3.05, 3.63) is 62.1 Å². The number of phenols is 1. The van der Waals surface area contributed by atoms with Gasteiger partial charge in [-0.25, -0.2) is 0 Å². The molecule has 2 N–H and O–H groups in total. The summed E-state index contributed by atoms with van der Waals surface area (Å²) in [5, 5.41) is 22.9. The zero-order chi connectivity index (χ0) is 15.6. The molecule has 0 fully saturated rings. The highest BCUT2D eigenvalue weighted by Crippen LogP contribution is 2.30. The summed E-state index contributed by atoms with van der Waals surface area (Å²) in [6.45, 7) is 0. The van der Waals surface area contributed by atoms with Gasteiger partial charge in [0.05, 0.1) is 20.7 Å². The highest BCUT2D eigenvalue weighted by atomic mass is 35.5. The summed E-state index contributed by atoms with van der Waals surface area (Å²) in [5.74, 6) is -1.03. The van der Waals surface area contributed by atoms with Crippen LogP contribution in [-0.4, -0.2) is 15.9 Å². The number of nitrogens with one attached hydrogen (secondary N) is 1. The first-order chi connectivity index (χ1) is 9.90. The van der Waals surface area contributed by atoms with E-state index in [0.29, 0.717) is 0 Å². The molecule has 8 heteroatoms. The number of nitro groups is 1. The number of nitro benzene ring substituents is 1. The molecule has 6 nitrogen and oxygen atoms in total. The molecule has 1 amide bonds. The number of halogens is 2. The topological polar surface area (TPSA) is 92.5 Å². The molecule has 0 atom stereocenters. The molecule has 21 heavy (non-hydrogen) atoms. The van der Waals surface area contributed by atoms with Crippen LogP contribution in [-0.2, 0) is 0 Å². The number of non-ortho nitro benzene ring substituents is 1. The number of hydrogen-bond donors (Lipinski definition) is 2. The minimum Gasteiger partial charge on any atom is -0.507 e. The van der Waals surface area contributed by atoms with Crippen LogP contribution in [0.3, 0.4) is 0 Å². The average molecular weight is 327 g/mol. The number of anilines is 1. The van der Waals surface area contributed by atoms with E-state index in [-0.39, 0.29) is 32.7 Å². The van der Waals surface area contributed by atoms with Gasteiger partial charge in [-0.1, -0.05) is 29.3 Å². The SMILES string of the molecule is O=C(Nc1cc([N+](=O)[O-])ccc1Cl)c1c(O)cccc1Cl. The molecular formula is C13H8Cl2N2O4. The Morgan fingerprint density at radius 2 is 1.90 bits per heavy atom. The Kier molecular flexibility index (Phi) is 4.30. The van der Waals surface area contributed by atoms with Gasteiger partial charge in [-0.15, -0.1) is 0 Å². The molecular weight excluding hydrogens is 319 g/mol. The quantitative estimate of drug-likeness (QED) is 0.661. The van der Waals surface area contributed by atoms with E-state index in [2.05, 4.69) is 5.32 Å². The lowest BCUT2D eigenvalue weighted by molar-refractivity contribution is -0.384. The van der Waals surface area contributed by atoms with Crippen molar-refractivity contribution in [2.24, 2.45) is 0 Å². The van der Waals surface area contributed by atoms with Gasteiger partial charge in [0.15, 0.2) is 0 Å². The number of benzene rings is 2. The summed E-state index contributed by atoms with van der Waals surface area (Å²) >= 11 is 11.7. The summed E-state index contributed by atoms with van der Waals surface area (Å²) in [6, 6.07) is 7.84. The fraction of sp³-hybridized carbons (Fsp3) is 0. The smallest absolute Gasteiger partial charge is 0.271 e. The van der Waals surface area contributed by atoms with Gasteiger partial charge in [0, 0.05) is 12.1 Å². The first-order valence-electron chi connectivity index (χ1n) is 5.63. The predicted octanol–water partition coefficient (Wildman–Crippen LogP) is 3.86. The Labute approximate surface area is 129 Å². The molecule has 108 valence electrons. The average Bonchev–Trinajstić information content (AvgIpc) is 2.40. The normalized spacial score (nSPS) is 10.2. The van der Waals surface area contributed by atoms with Gasteiger partial charge in [0.1, 0.15) is 11.3 Å². The van der Waals surface area contributed by atoms with Crippen LogP contribution in [0.15, 0.2) is 36.4 Å². The lowest BCUT2D eigenvalue weighted by Crippen LogP contribution is -2.13. The molecule has 0 aliphatic rings. The lowest BCUT2D eigenvalue weighted by Gasteiger charge is -2.09. The summed E-state index contributed by atoms with van der Waals surface area (Å²) in [6.07, 6.45) is 0. The number of hydrogen-bond acceptors (Lipinski definition) is 4. The van der Waals surface area contributed by atoms with E-state index in [1.807, 2.05) is 0 Å². The van der Waals surface area contributed by atoms with E-state index in [1.54, 1.807) is 0 Å². The number of aromatic hydroxyl groups is 1. The van der Waals surface area contributed by atoms with Gasteiger partial charge >= 0.3 is 0 Å². The maximum Gasteiger partial charge on any atom is 0.271 e. The third-order valence-corrected chi connectivity index (χ3v) is 3.27. The van der Waals surface area contributed by atoms with Crippen molar-refractivity contribution in [2.45, 2.75) is 0 Å². The zero-order valence-corrected chi connectivity index (χ0v) is 11.9. The fourth-order valence-corrected chi connectivity index (χ4v) is 2.07. The Balaban J connectivity index is 2.36. The van der Waals surface area contributed by atoms with Crippen molar-refractivity contribution in [1.82, 2.24) is 0 Å². The molecule has 0 radical (unpaired) electrons. The van der Waals surface area contributed by atoms with Crippen molar-refractivity contribution in [3.8, 4) is 5.75 Å². The third-order valence-electron chi connectivity index (χ3n) is 2.63. The van der Waals surface area contributed by atoms with E-state index >= 15 is 0 Å². The van der Waals surface area contributed by atoms with Gasteiger partial charge in [-0.3, -0.25) is 14.9 Å². The second-order valence-electron chi connectivity index (χ2n) is 4.01. The van der Waals surface area contributed by atoms with Crippen molar-refractivity contribution in [3.63, 3.8) is 0 Å². The van der Waals surface area contributed by atoms with Crippen molar-refractivity contribution in [2.75, 3.05) is 5.32 Å². The first kappa shape index (κ1) is 15.1. The third kappa shape index (κ3) is 3.24. The molecule has 0 aliphatic carbocycles. The summed E-state index contributed by atoms with van der Waals surface area (Å²) in [4.78, 5) is 22.2. The van der Waals surface area contributed by atoms with Gasteiger partial charge in [0.25, 0.3) is 11.6 Å². The van der Waals surface area contributed by atoms with Crippen LogP contribution in [0.2, 0.25) is 10.0 Å². The van der Waals surface area contributed by atoms with Gasteiger partial charge in [-0.05, 0) is 18.2 Å². The number of carbonyl (C=O) groups excluding carboxylic acids is 1. The van der Waals surface area contributed by atoms with E-state index in [9.17, 15) is 20.0 Å². The van der Waals surface area contributed by atoms with Crippen LogP contribution in [0.1, 0.15) is 10.4 Å². The molecule has 0 aromatic heterocycles. The second-order valence-corrected chi connectivity index (χ2v) is 4.82. The Morgan fingerprint density at radius 1 is 1.19 bits per heavy atom. The molecule has 2 aromatic rings. The molecule has 2 aromatic carbocycles.